The van der Waals surface area contributed by atoms with Gasteiger partial charge in [0.05, 0.1) is 0 Å². The highest BCUT2D eigenvalue weighted by atomic mass is 16.2. The molecule has 2 aromatic rings. The monoisotopic (exact) mass is 418 g/mol. The molecule has 1 aliphatic carbocycles. The van der Waals surface area contributed by atoms with E-state index < -0.39 is 6.04 Å². The van der Waals surface area contributed by atoms with Gasteiger partial charge in [0.15, 0.2) is 0 Å². The standard InChI is InChI=1S/C24H26N4O3/c25-17-6-4-15-11-18(7-5-14(15)10-17)26-12-16-2-1-3-19-20(16)13-28(24(19)31)21-8-9-22(29)27-23(21)30/h1-3,5,7,11,17,21,26H,4,6,8-10,12-13,25H2,(H,27,29,30). The van der Waals surface area contributed by atoms with Gasteiger partial charge in [0, 0.05) is 36.8 Å². The molecule has 5 rings (SSSR count). The number of anilines is 1. The number of benzene rings is 2. The molecule has 1 saturated heterocycles. The van der Waals surface area contributed by atoms with Gasteiger partial charge in [-0.25, -0.2) is 0 Å². The topological polar surface area (TPSA) is 105 Å². The molecule has 3 amide bonds. The van der Waals surface area contributed by atoms with Crippen molar-refractivity contribution in [2.24, 2.45) is 5.73 Å². The molecule has 0 saturated carbocycles. The van der Waals surface area contributed by atoms with Crippen molar-refractivity contribution in [2.45, 2.75) is 57.3 Å². The van der Waals surface area contributed by atoms with Crippen LogP contribution in [-0.4, -0.2) is 34.7 Å². The Morgan fingerprint density at radius 1 is 1.06 bits per heavy atom. The normalized spacial score (nSPS) is 22.7. The second kappa shape index (κ2) is 7.81. The van der Waals surface area contributed by atoms with E-state index in [0.717, 1.165) is 36.1 Å². The summed E-state index contributed by atoms with van der Waals surface area (Å²) < 4.78 is 0. The molecule has 7 nitrogen and oxygen atoms in total. The van der Waals surface area contributed by atoms with Crippen molar-refractivity contribution in [3.05, 3.63) is 64.2 Å². The molecular weight excluding hydrogens is 392 g/mol. The summed E-state index contributed by atoms with van der Waals surface area (Å²) in [6, 6.07) is 11.8. The summed E-state index contributed by atoms with van der Waals surface area (Å²) in [6.45, 7) is 0.984. The first-order chi connectivity index (χ1) is 15.0. The molecule has 0 bridgehead atoms. The number of carbonyl (C=O) groups is 3. The molecule has 31 heavy (non-hydrogen) atoms. The van der Waals surface area contributed by atoms with Crippen LogP contribution in [0, 0.1) is 0 Å². The number of nitrogens with one attached hydrogen (secondary N) is 2. The molecule has 7 heteroatoms. The molecule has 0 spiro atoms. The molecule has 2 unspecified atom stereocenters. The van der Waals surface area contributed by atoms with Gasteiger partial charge in [-0.1, -0.05) is 18.2 Å². The summed E-state index contributed by atoms with van der Waals surface area (Å²) in [6.07, 6.45) is 3.58. The number of nitrogens with zero attached hydrogens (tertiary/aromatic N) is 1. The van der Waals surface area contributed by atoms with Gasteiger partial charge in [-0.15, -0.1) is 0 Å². The molecule has 3 aliphatic rings. The van der Waals surface area contributed by atoms with Crippen LogP contribution < -0.4 is 16.4 Å². The van der Waals surface area contributed by atoms with E-state index in [4.69, 9.17) is 5.73 Å². The fourth-order valence-corrected chi connectivity index (χ4v) is 4.91. The lowest BCUT2D eigenvalue weighted by Crippen LogP contribution is -2.52. The van der Waals surface area contributed by atoms with Crippen molar-refractivity contribution in [2.75, 3.05) is 5.32 Å². The first kappa shape index (κ1) is 19.8. The predicted molar refractivity (Wildman–Crippen MR) is 116 cm³/mol. The lowest BCUT2D eigenvalue weighted by molar-refractivity contribution is -0.136. The van der Waals surface area contributed by atoms with E-state index in [-0.39, 0.29) is 30.2 Å². The lowest BCUT2D eigenvalue weighted by Gasteiger charge is -2.29. The van der Waals surface area contributed by atoms with Crippen LogP contribution in [0.25, 0.3) is 0 Å². The van der Waals surface area contributed by atoms with E-state index in [1.807, 2.05) is 18.2 Å². The zero-order valence-corrected chi connectivity index (χ0v) is 17.3. The van der Waals surface area contributed by atoms with Crippen LogP contribution in [0.3, 0.4) is 0 Å². The number of rotatable bonds is 4. The second-order valence-corrected chi connectivity index (χ2v) is 8.68. The highest BCUT2D eigenvalue weighted by molar-refractivity contribution is 6.05. The third kappa shape index (κ3) is 3.70. The minimum absolute atomic E-state index is 0.142. The SMILES string of the molecule is NC1CCc2cc(NCc3cccc4c3CN(C3CCC(=O)NC3=O)C4=O)ccc2C1. The summed E-state index contributed by atoms with van der Waals surface area (Å²) in [7, 11) is 0. The second-order valence-electron chi connectivity index (χ2n) is 8.68. The number of carbonyl (C=O) groups excluding carboxylic acids is 3. The van der Waals surface area contributed by atoms with Gasteiger partial charge >= 0.3 is 0 Å². The van der Waals surface area contributed by atoms with Gasteiger partial charge in [-0.2, -0.15) is 0 Å². The Bertz CT molecular complexity index is 1080. The number of hydrogen-bond acceptors (Lipinski definition) is 5. The van der Waals surface area contributed by atoms with Gasteiger partial charge in [-0.05, 0) is 66.1 Å². The van der Waals surface area contributed by atoms with Crippen LogP contribution in [-0.2, 0) is 35.5 Å². The fraction of sp³-hybridized carbons (Fsp3) is 0.375. The molecule has 2 heterocycles. The minimum Gasteiger partial charge on any atom is -0.381 e. The number of imide groups is 1. The van der Waals surface area contributed by atoms with Crippen LogP contribution in [0.1, 0.15) is 51.9 Å². The van der Waals surface area contributed by atoms with Crippen molar-refractivity contribution in [1.29, 1.82) is 0 Å². The van der Waals surface area contributed by atoms with Crippen LogP contribution >= 0.6 is 0 Å². The fourth-order valence-electron chi connectivity index (χ4n) is 4.91. The Kier molecular flexibility index (Phi) is 4.98. The number of fused-ring (bicyclic) bond motifs is 2. The summed E-state index contributed by atoms with van der Waals surface area (Å²) in [5.74, 6) is -0.801. The van der Waals surface area contributed by atoms with Gasteiger partial charge in [0.2, 0.25) is 11.8 Å². The molecule has 2 atom stereocenters. The van der Waals surface area contributed by atoms with E-state index >= 15 is 0 Å². The van der Waals surface area contributed by atoms with Crippen molar-refractivity contribution in [1.82, 2.24) is 10.2 Å². The summed E-state index contributed by atoms with van der Waals surface area (Å²) >= 11 is 0. The smallest absolute Gasteiger partial charge is 0.255 e. The number of amides is 3. The van der Waals surface area contributed by atoms with Crippen LogP contribution in [0.4, 0.5) is 5.69 Å². The average molecular weight is 418 g/mol. The van der Waals surface area contributed by atoms with E-state index in [1.54, 1.807) is 4.90 Å². The summed E-state index contributed by atoms with van der Waals surface area (Å²) in [5, 5.41) is 5.84. The van der Waals surface area contributed by atoms with Gasteiger partial charge in [0.1, 0.15) is 6.04 Å². The number of piperidine rings is 1. The Morgan fingerprint density at radius 2 is 1.94 bits per heavy atom. The van der Waals surface area contributed by atoms with Crippen LogP contribution in [0.2, 0.25) is 0 Å². The molecule has 0 radical (unpaired) electrons. The molecule has 0 aromatic heterocycles. The van der Waals surface area contributed by atoms with Crippen molar-refractivity contribution in [3.8, 4) is 0 Å². The van der Waals surface area contributed by atoms with E-state index in [2.05, 4.69) is 28.8 Å². The first-order valence-electron chi connectivity index (χ1n) is 10.9. The maximum atomic E-state index is 13.0. The largest absolute Gasteiger partial charge is 0.381 e. The molecule has 2 aliphatic heterocycles. The molecule has 160 valence electrons. The van der Waals surface area contributed by atoms with Crippen LogP contribution in [0.15, 0.2) is 36.4 Å². The van der Waals surface area contributed by atoms with Crippen LogP contribution in [0.5, 0.6) is 0 Å². The Morgan fingerprint density at radius 3 is 2.77 bits per heavy atom. The highest BCUT2D eigenvalue weighted by Gasteiger charge is 2.39. The molecular formula is C24H26N4O3. The summed E-state index contributed by atoms with van der Waals surface area (Å²) in [5.41, 5.74) is 12.4. The van der Waals surface area contributed by atoms with Gasteiger partial charge in [0.25, 0.3) is 5.91 Å². The first-order valence-corrected chi connectivity index (χ1v) is 10.9. The van der Waals surface area contributed by atoms with Crippen molar-refractivity contribution in [3.63, 3.8) is 0 Å². The summed E-state index contributed by atoms with van der Waals surface area (Å²) in [4.78, 5) is 38.3. The minimum atomic E-state index is -0.592. The van der Waals surface area contributed by atoms with E-state index in [1.165, 1.54) is 11.1 Å². The zero-order chi connectivity index (χ0) is 21.5. The quantitative estimate of drug-likeness (QED) is 0.658. The lowest BCUT2D eigenvalue weighted by atomic mass is 9.88. The third-order valence-corrected chi connectivity index (χ3v) is 6.63. The van der Waals surface area contributed by atoms with Crippen molar-refractivity contribution >= 4 is 23.4 Å². The van der Waals surface area contributed by atoms with E-state index in [9.17, 15) is 14.4 Å². The van der Waals surface area contributed by atoms with Gasteiger partial charge in [-0.3, -0.25) is 19.7 Å². The Balaban J connectivity index is 1.32. The van der Waals surface area contributed by atoms with Crippen molar-refractivity contribution < 1.29 is 14.4 Å². The van der Waals surface area contributed by atoms with E-state index in [0.29, 0.717) is 25.1 Å². The Hall–Kier alpha value is -3.19. The van der Waals surface area contributed by atoms with Gasteiger partial charge < -0.3 is 16.0 Å². The molecule has 4 N–H and O–H groups in total. The molecule has 2 aromatic carbocycles. The predicted octanol–water partition coefficient (Wildman–Crippen LogP) is 1.88. The average Bonchev–Trinajstić information content (AvgIpc) is 3.09. The zero-order valence-electron chi connectivity index (χ0n) is 17.3. The maximum absolute atomic E-state index is 13.0. The number of nitrogens with two attached hydrogens (primary N) is 1. The Labute approximate surface area is 181 Å². The molecule has 1 fully saturated rings. The maximum Gasteiger partial charge on any atom is 0.255 e. The highest BCUT2D eigenvalue weighted by Crippen LogP contribution is 2.30. The number of hydrogen-bond donors (Lipinski definition) is 3. The number of aryl methyl sites for hydroxylation is 1. The third-order valence-electron chi connectivity index (χ3n) is 6.63.